The summed E-state index contributed by atoms with van der Waals surface area (Å²) in [7, 11) is 1.84. The molecule has 0 aliphatic carbocycles. The van der Waals surface area contributed by atoms with E-state index in [0.717, 1.165) is 38.4 Å². The zero-order chi connectivity index (χ0) is 13.9. The molecule has 6 nitrogen and oxygen atoms in total. The molecular weight excluding hydrogens is 244 g/mol. The van der Waals surface area contributed by atoms with Crippen LogP contribution in [0.15, 0.2) is 6.20 Å². The van der Waals surface area contributed by atoms with E-state index < -0.39 is 6.10 Å². The first-order valence-electron chi connectivity index (χ1n) is 6.92. The predicted molar refractivity (Wildman–Crippen MR) is 71.8 cm³/mol. The summed E-state index contributed by atoms with van der Waals surface area (Å²) in [6.07, 6.45) is 2.84. The summed E-state index contributed by atoms with van der Waals surface area (Å²) in [5.74, 6) is 0. The first-order chi connectivity index (χ1) is 9.06. The molecule has 108 valence electrons. The van der Waals surface area contributed by atoms with Crippen molar-refractivity contribution < 1.29 is 9.84 Å². The van der Waals surface area contributed by atoms with Crippen molar-refractivity contribution >= 4 is 0 Å². The fourth-order valence-electron chi connectivity index (χ4n) is 2.65. The number of aryl methyl sites for hydroxylation is 1. The van der Waals surface area contributed by atoms with Gasteiger partial charge in [0.2, 0.25) is 0 Å². The van der Waals surface area contributed by atoms with Gasteiger partial charge in [-0.05, 0) is 13.3 Å². The lowest BCUT2D eigenvalue weighted by Crippen LogP contribution is -2.58. The second-order valence-electron chi connectivity index (χ2n) is 5.41. The Kier molecular flexibility index (Phi) is 4.54. The Morgan fingerprint density at radius 3 is 2.68 bits per heavy atom. The van der Waals surface area contributed by atoms with Crippen LogP contribution in [0.1, 0.15) is 26.0 Å². The molecule has 2 heterocycles. The minimum atomic E-state index is -0.452. The molecule has 2 rings (SSSR count). The molecule has 0 amide bonds. The van der Waals surface area contributed by atoms with E-state index in [2.05, 4.69) is 29.1 Å². The van der Waals surface area contributed by atoms with Crippen molar-refractivity contribution in [3.05, 3.63) is 11.9 Å². The minimum Gasteiger partial charge on any atom is -0.391 e. The topological polar surface area (TPSA) is 63.4 Å². The van der Waals surface area contributed by atoms with Gasteiger partial charge in [-0.25, -0.2) is 0 Å². The number of aliphatic hydroxyl groups excluding tert-OH is 1. The first kappa shape index (κ1) is 14.4. The van der Waals surface area contributed by atoms with E-state index in [0.29, 0.717) is 6.42 Å². The van der Waals surface area contributed by atoms with Crippen LogP contribution in [0.5, 0.6) is 0 Å². The van der Waals surface area contributed by atoms with Gasteiger partial charge in [0.15, 0.2) is 0 Å². The Labute approximate surface area is 114 Å². The highest BCUT2D eigenvalue weighted by atomic mass is 16.5. The second-order valence-corrected chi connectivity index (χ2v) is 5.41. The maximum atomic E-state index is 10.6. The molecule has 0 radical (unpaired) electrons. The molecule has 0 spiro atoms. The van der Waals surface area contributed by atoms with Gasteiger partial charge in [-0.2, -0.15) is 0 Å². The Hall–Kier alpha value is -0.980. The van der Waals surface area contributed by atoms with Crippen molar-refractivity contribution in [2.75, 3.05) is 26.3 Å². The highest BCUT2D eigenvalue weighted by Crippen LogP contribution is 2.26. The number of morpholine rings is 1. The highest BCUT2D eigenvalue weighted by molar-refractivity contribution is 5.01. The predicted octanol–water partition coefficient (Wildman–Crippen LogP) is 0.219. The third-order valence-corrected chi connectivity index (χ3v) is 4.22. The number of aliphatic hydroxyl groups is 1. The molecule has 0 aromatic carbocycles. The van der Waals surface area contributed by atoms with E-state index in [1.54, 1.807) is 4.68 Å². The molecule has 1 aromatic heterocycles. The molecule has 0 bridgehead atoms. The molecule has 1 N–H and O–H groups in total. The number of ether oxygens (including phenoxy) is 1. The zero-order valence-electron chi connectivity index (χ0n) is 12.0. The van der Waals surface area contributed by atoms with Crippen molar-refractivity contribution in [1.29, 1.82) is 0 Å². The van der Waals surface area contributed by atoms with Crippen LogP contribution in [0, 0.1) is 0 Å². The van der Waals surface area contributed by atoms with Crippen LogP contribution in [0.4, 0.5) is 0 Å². The fourth-order valence-corrected chi connectivity index (χ4v) is 2.65. The van der Waals surface area contributed by atoms with Crippen LogP contribution in [0.3, 0.4) is 0 Å². The van der Waals surface area contributed by atoms with Gasteiger partial charge in [0.1, 0.15) is 0 Å². The first-order valence-corrected chi connectivity index (χ1v) is 6.92. The third-order valence-electron chi connectivity index (χ3n) is 4.22. The molecule has 0 saturated carbocycles. The lowest BCUT2D eigenvalue weighted by Gasteiger charge is -2.45. The van der Waals surface area contributed by atoms with Crippen LogP contribution in [0.2, 0.25) is 0 Å². The number of rotatable bonds is 5. The smallest absolute Gasteiger partial charge is 0.0853 e. The van der Waals surface area contributed by atoms with Gasteiger partial charge in [0.25, 0.3) is 0 Å². The number of nitrogens with zero attached hydrogens (tertiary/aromatic N) is 4. The maximum absolute atomic E-state index is 10.6. The maximum Gasteiger partial charge on any atom is 0.0853 e. The average Bonchev–Trinajstić information content (AvgIpc) is 2.84. The van der Waals surface area contributed by atoms with Crippen molar-refractivity contribution in [3.63, 3.8) is 0 Å². The average molecular weight is 268 g/mol. The monoisotopic (exact) mass is 268 g/mol. The summed E-state index contributed by atoms with van der Waals surface area (Å²) in [6.45, 7) is 7.49. The summed E-state index contributed by atoms with van der Waals surface area (Å²) in [5, 5.41) is 18.6. The highest BCUT2D eigenvalue weighted by Gasteiger charge is 2.38. The Balaban J connectivity index is 2.06. The van der Waals surface area contributed by atoms with Crippen molar-refractivity contribution in [2.24, 2.45) is 7.05 Å². The lowest BCUT2D eigenvalue weighted by atomic mass is 9.86. The molecular formula is C13H24N4O2. The normalized spacial score (nSPS) is 22.1. The molecule has 6 heteroatoms. The van der Waals surface area contributed by atoms with Crippen molar-refractivity contribution in [1.82, 2.24) is 19.9 Å². The molecule has 1 aromatic rings. The summed E-state index contributed by atoms with van der Waals surface area (Å²) in [6, 6.07) is 0. The Morgan fingerprint density at radius 2 is 2.16 bits per heavy atom. The molecule has 1 aliphatic rings. The third kappa shape index (κ3) is 3.13. The standard InChI is InChI=1S/C13H24N4O2/c1-4-13(2,17-5-7-19-8-6-17)12(18)9-11-10-16(3)15-14-11/h10,12,18H,4-9H2,1-3H3. The van der Waals surface area contributed by atoms with Gasteiger partial charge in [-0.3, -0.25) is 9.58 Å². The number of hydrogen-bond donors (Lipinski definition) is 1. The number of hydrogen-bond acceptors (Lipinski definition) is 5. The van der Waals surface area contributed by atoms with Crippen molar-refractivity contribution in [2.45, 2.75) is 38.3 Å². The summed E-state index contributed by atoms with van der Waals surface area (Å²) in [5.41, 5.74) is 0.601. The van der Waals surface area contributed by atoms with Gasteiger partial charge in [0.05, 0.1) is 25.0 Å². The van der Waals surface area contributed by atoms with Gasteiger partial charge < -0.3 is 9.84 Å². The van der Waals surface area contributed by atoms with Gasteiger partial charge >= 0.3 is 0 Å². The minimum absolute atomic E-state index is 0.235. The molecule has 19 heavy (non-hydrogen) atoms. The van der Waals surface area contributed by atoms with Crippen LogP contribution < -0.4 is 0 Å². The van der Waals surface area contributed by atoms with E-state index in [4.69, 9.17) is 4.74 Å². The van der Waals surface area contributed by atoms with E-state index >= 15 is 0 Å². The van der Waals surface area contributed by atoms with Crippen LogP contribution in [0.25, 0.3) is 0 Å². The molecule has 1 aliphatic heterocycles. The molecule has 2 unspecified atom stereocenters. The molecule has 2 atom stereocenters. The summed E-state index contributed by atoms with van der Waals surface area (Å²) < 4.78 is 7.06. The van der Waals surface area contributed by atoms with Gasteiger partial charge in [0, 0.05) is 38.3 Å². The van der Waals surface area contributed by atoms with Crippen LogP contribution >= 0.6 is 0 Å². The summed E-state index contributed by atoms with van der Waals surface area (Å²) >= 11 is 0. The van der Waals surface area contributed by atoms with Crippen LogP contribution in [-0.2, 0) is 18.2 Å². The van der Waals surface area contributed by atoms with Crippen LogP contribution in [-0.4, -0.2) is 62.9 Å². The van der Waals surface area contributed by atoms with Crippen molar-refractivity contribution in [3.8, 4) is 0 Å². The lowest BCUT2D eigenvalue weighted by molar-refractivity contribution is -0.0716. The van der Waals surface area contributed by atoms with Gasteiger partial charge in [-0.1, -0.05) is 12.1 Å². The molecule has 1 saturated heterocycles. The fraction of sp³-hybridized carbons (Fsp3) is 0.846. The van der Waals surface area contributed by atoms with E-state index in [1.807, 2.05) is 13.2 Å². The summed E-state index contributed by atoms with van der Waals surface area (Å²) in [4.78, 5) is 2.33. The van der Waals surface area contributed by atoms with Gasteiger partial charge in [-0.15, -0.1) is 5.10 Å². The van der Waals surface area contributed by atoms with E-state index in [9.17, 15) is 5.11 Å². The second kappa shape index (κ2) is 5.98. The quantitative estimate of drug-likeness (QED) is 0.827. The van der Waals surface area contributed by atoms with E-state index in [-0.39, 0.29) is 5.54 Å². The Bertz CT molecular complexity index is 403. The SMILES string of the molecule is CCC(C)(C(O)Cc1cn(C)nn1)N1CCOCC1. The largest absolute Gasteiger partial charge is 0.391 e. The molecule has 1 fully saturated rings. The zero-order valence-corrected chi connectivity index (χ0v) is 12.0. The Morgan fingerprint density at radius 1 is 1.47 bits per heavy atom. The van der Waals surface area contributed by atoms with E-state index in [1.165, 1.54) is 0 Å². The number of aromatic nitrogens is 3.